The summed E-state index contributed by atoms with van der Waals surface area (Å²) in [7, 11) is 0. The van der Waals surface area contributed by atoms with Crippen molar-refractivity contribution in [3.63, 3.8) is 0 Å². The molecule has 0 aliphatic heterocycles. The van der Waals surface area contributed by atoms with E-state index in [4.69, 9.17) is 4.42 Å². The van der Waals surface area contributed by atoms with Gasteiger partial charge >= 0.3 is 0 Å². The van der Waals surface area contributed by atoms with E-state index in [2.05, 4.69) is 293 Å². The van der Waals surface area contributed by atoms with Crippen LogP contribution in [-0.4, -0.2) is 4.57 Å². The molecule has 2 aromatic heterocycles. The molecule has 0 amide bonds. The molecule has 2 nitrogen and oxygen atoms in total. The van der Waals surface area contributed by atoms with Gasteiger partial charge in [0.15, 0.2) is 0 Å². The van der Waals surface area contributed by atoms with E-state index in [1.165, 1.54) is 127 Å². The lowest BCUT2D eigenvalue weighted by Crippen LogP contribution is -2.14. The van der Waals surface area contributed by atoms with Crippen LogP contribution in [0.4, 0.5) is 0 Å². The average molecular weight is 1050 g/mol. The van der Waals surface area contributed by atoms with Gasteiger partial charge in [-0.15, -0.1) is 0 Å². The normalized spacial score (nSPS) is 13.8. The first-order valence-electron chi connectivity index (χ1n) is 28.8. The Balaban J connectivity index is 0.824. The molecule has 0 unspecified atom stereocenters. The van der Waals surface area contributed by atoms with E-state index in [9.17, 15) is 0 Å². The van der Waals surface area contributed by atoms with Gasteiger partial charge in [0.25, 0.3) is 0 Å². The van der Waals surface area contributed by atoms with Crippen LogP contribution in [0.1, 0.15) is 49.9 Å². The summed E-state index contributed by atoms with van der Waals surface area (Å²) in [6.07, 6.45) is 0. The molecule has 386 valence electrons. The highest BCUT2D eigenvalue weighted by Crippen LogP contribution is 2.53. The van der Waals surface area contributed by atoms with Crippen molar-refractivity contribution in [3.05, 3.63) is 283 Å². The predicted octanol–water partition coefficient (Wildman–Crippen LogP) is 21.9. The van der Waals surface area contributed by atoms with Crippen LogP contribution in [0.25, 0.3) is 149 Å². The van der Waals surface area contributed by atoms with E-state index in [-0.39, 0.29) is 10.8 Å². The minimum Gasteiger partial charge on any atom is -0.455 e. The molecule has 2 aliphatic carbocycles. The fraction of sp³-hybridized carbons (Fsp3) is 0.0750. The minimum atomic E-state index is -0.131. The quantitative estimate of drug-likeness (QED) is 0.152. The summed E-state index contributed by atoms with van der Waals surface area (Å²) in [5, 5.41) is 9.64. The third-order valence-electron chi connectivity index (χ3n) is 18.8. The zero-order valence-corrected chi connectivity index (χ0v) is 46.2. The summed E-state index contributed by atoms with van der Waals surface area (Å²) in [5.74, 6) is 0. The topological polar surface area (TPSA) is 18.1 Å². The first kappa shape index (κ1) is 46.9. The zero-order valence-electron chi connectivity index (χ0n) is 46.2. The molecule has 2 heterocycles. The van der Waals surface area contributed by atoms with E-state index in [0.29, 0.717) is 0 Å². The number of para-hydroxylation sites is 1. The summed E-state index contributed by atoms with van der Waals surface area (Å²) < 4.78 is 9.55. The van der Waals surface area contributed by atoms with E-state index in [0.717, 1.165) is 44.3 Å². The Bertz CT molecular complexity index is 5140. The van der Waals surface area contributed by atoms with Gasteiger partial charge in [0.2, 0.25) is 0 Å². The molecule has 13 aromatic carbocycles. The molecule has 0 saturated heterocycles. The predicted molar refractivity (Wildman–Crippen MR) is 345 cm³/mol. The van der Waals surface area contributed by atoms with Gasteiger partial charge in [-0.2, -0.15) is 0 Å². The van der Waals surface area contributed by atoms with Gasteiger partial charge in [0.1, 0.15) is 11.2 Å². The Kier molecular flexibility index (Phi) is 9.85. The van der Waals surface area contributed by atoms with Crippen LogP contribution in [0.5, 0.6) is 0 Å². The first-order chi connectivity index (χ1) is 40.2. The molecule has 2 aliphatic rings. The molecule has 0 N–H and O–H groups in total. The molecule has 0 atom stereocenters. The second-order valence-electron chi connectivity index (χ2n) is 23.9. The van der Waals surface area contributed by atoms with Gasteiger partial charge in [-0.25, -0.2) is 0 Å². The molecule has 0 saturated carbocycles. The highest BCUT2D eigenvalue weighted by atomic mass is 16.3. The van der Waals surface area contributed by atoms with Crippen molar-refractivity contribution < 1.29 is 4.42 Å². The van der Waals surface area contributed by atoms with Crippen molar-refractivity contribution in [2.45, 2.75) is 38.5 Å². The third-order valence-corrected chi connectivity index (χ3v) is 18.8. The molecule has 0 fully saturated rings. The number of nitrogens with zero attached hydrogens (tertiary/aromatic N) is 1. The van der Waals surface area contributed by atoms with Gasteiger partial charge in [-0.3, -0.25) is 0 Å². The van der Waals surface area contributed by atoms with Crippen LogP contribution in [-0.2, 0) is 10.8 Å². The van der Waals surface area contributed by atoms with Crippen LogP contribution in [0, 0.1) is 0 Å². The summed E-state index contributed by atoms with van der Waals surface area (Å²) in [6, 6.07) is 97.3. The Morgan fingerprint density at radius 2 is 0.707 bits per heavy atom. The number of aromatic nitrogens is 1. The fourth-order valence-corrected chi connectivity index (χ4v) is 14.8. The number of fused-ring (bicyclic) bond motifs is 14. The zero-order chi connectivity index (χ0) is 54.6. The van der Waals surface area contributed by atoms with Crippen LogP contribution in [0.2, 0.25) is 0 Å². The van der Waals surface area contributed by atoms with Crippen molar-refractivity contribution in [1.82, 2.24) is 4.57 Å². The maximum atomic E-state index is 7.12. The van der Waals surface area contributed by atoms with Crippen molar-refractivity contribution in [2.24, 2.45) is 0 Å². The molecule has 2 heteroatoms. The van der Waals surface area contributed by atoms with Crippen molar-refractivity contribution >= 4 is 65.3 Å². The Hall–Kier alpha value is -10.0. The fourth-order valence-electron chi connectivity index (χ4n) is 14.8. The molecule has 0 spiro atoms. The van der Waals surface area contributed by atoms with Gasteiger partial charge in [0, 0.05) is 43.6 Å². The van der Waals surface area contributed by atoms with Crippen molar-refractivity contribution in [1.29, 1.82) is 0 Å². The molecule has 0 bridgehead atoms. The molecular formula is C80H55NO. The smallest absolute Gasteiger partial charge is 0.143 e. The number of furan rings is 1. The highest BCUT2D eigenvalue weighted by Gasteiger charge is 2.37. The first-order valence-corrected chi connectivity index (χ1v) is 28.8. The van der Waals surface area contributed by atoms with Crippen LogP contribution in [0.3, 0.4) is 0 Å². The Morgan fingerprint density at radius 3 is 1.33 bits per heavy atom. The second kappa shape index (κ2) is 17.2. The number of benzene rings is 13. The average Bonchev–Trinajstić information content (AvgIpc) is 3.30. The van der Waals surface area contributed by atoms with E-state index in [1.54, 1.807) is 0 Å². The lowest BCUT2D eigenvalue weighted by Gasteiger charge is -2.22. The Morgan fingerprint density at radius 1 is 0.268 bits per heavy atom. The van der Waals surface area contributed by atoms with Crippen molar-refractivity contribution in [2.75, 3.05) is 0 Å². The lowest BCUT2D eigenvalue weighted by atomic mass is 9.81. The second-order valence-corrected chi connectivity index (χ2v) is 23.9. The summed E-state index contributed by atoms with van der Waals surface area (Å²) in [6.45, 7) is 9.46. The van der Waals surface area contributed by atoms with Gasteiger partial charge in [0.05, 0.1) is 11.0 Å². The highest BCUT2D eigenvalue weighted by molar-refractivity contribution is 6.22. The maximum Gasteiger partial charge on any atom is 0.143 e. The van der Waals surface area contributed by atoms with Gasteiger partial charge in [-0.05, 0) is 183 Å². The molecule has 0 radical (unpaired) electrons. The van der Waals surface area contributed by atoms with Crippen LogP contribution in [0.15, 0.2) is 265 Å². The summed E-state index contributed by atoms with van der Waals surface area (Å²) in [4.78, 5) is 0. The number of rotatable bonds is 6. The standard InChI is InChI=1S/C80H55NO/c1-79(2)69-27-15-12-20-56(69)58-38-32-51(46-71(58)79)50-35-41-75-67(42-50)68-45-54(52-33-39-59-57-21-13-16-28-70(57)80(3,4)72(59)47-52)44-65(78(68)82-75)53-34-40-74-66(43-53)60-22-14-17-29-73(60)81(74)55-36-30-49(31-37-55)77-63-25-10-8-23-61(63)76(48-18-6-5-7-19-48)62-24-9-11-26-64(62)77/h5-47H,1-4H3. The minimum absolute atomic E-state index is 0.0932. The van der Waals surface area contributed by atoms with E-state index in [1.807, 2.05) is 0 Å². The van der Waals surface area contributed by atoms with Gasteiger partial charge in [-0.1, -0.05) is 222 Å². The molecule has 17 rings (SSSR count). The third kappa shape index (κ3) is 6.70. The molecular weight excluding hydrogens is 991 g/mol. The number of hydrogen-bond donors (Lipinski definition) is 0. The van der Waals surface area contributed by atoms with Crippen LogP contribution >= 0.6 is 0 Å². The van der Waals surface area contributed by atoms with E-state index < -0.39 is 0 Å². The van der Waals surface area contributed by atoms with Crippen molar-refractivity contribution in [3.8, 4) is 83.6 Å². The maximum absolute atomic E-state index is 7.12. The molecule has 82 heavy (non-hydrogen) atoms. The SMILES string of the molecule is CC1(C)c2ccccc2-c2ccc(-c3ccc4oc5c(-c6ccc7c(c6)c6ccccc6n7-c6ccc(-c7c8ccccc8c(-c8ccccc8)c8ccccc78)cc6)cc(-c6ccc7c(c6)C(C)(C)c6ccccc6-7)cc5c4c3)cc21. The largest absolute Gasteiger partial charge is 0.455 e. The van der Waals surface area contributed by atoms with Gasteiger partial charge < -0.3 is 8.98 Å². The monoisotopic (exact) mass is 1050 g/mol. The lowest BCUT2D eigenvalue weighted by molar-refractivity contribution is 0.660. The summed E-state index contributed by atoms with van der Waals surface area (Å²) in [5.41, 5.74) is 27.7. The molecule has 15 aromatic rings. The Labute approximate surface area is 476 Å². The van der Waals surface area contributed by atoms with Crippen LogP contribution < -0.4 is 0 Å². The summed E-state index contributed by atoms with van der Waals surface area (Å²) >= 11 is 0. The number of hydrogen-bond acceptors (Lipinski definition) is 1. The van der Waals surface area contributed by atoms with E-state index >= 15 is 0 Å².